The second-order valence-electron chi connectivity index (χ2n) is 6.63. The highest BCUT2D eigenvalue weighted by Gasteiger charge is 2.50. The molecule has 1 heterocycles. The van der Waals surface area contributed by atoms with Gasteiger partial charge in [0.05, 0.1) is 22.7 Å². The van der Waals surface area contributed by atoms with Gasteiger partial charge in [-0.15, -0.1) is 0 Å². The molecule has 2 fully saturated rings. The Morgan fingerprint density at radius 3 is 2.68 bits per heavy atom. The van der Waals surface area contributed by atoms with Gasteiger partial charge < -0.3 is 4.57 Å². The zero-order chi connectivity index (χ0) is 13.2. The van der Waals surface area contributed by atoms with E-state index in [1.807, 2.05) is 12.1 Å². The van der Waals surface area contributed by atoms with Crippen molar-refractivity contribution in [3.63, 3.8) is 0 Å². The summed E-state index contributed by atoms with van der Waals surface area (Å²) in [4.78, 5) is 4.85. The number of imidazole rings is 1. The topological polar surface area (TPSA) is 41.6 Å². The minimum absolute atomic E-state index is 0.395. The van der Waals surface area contributed by atoms with Crippen molar-refractivity contribution in [3.05, 3.63) is 29.6 Å². The molecule has 2 aliphatic rings. The van der Waals surface area contributed by atoms with Crippen LogP contribution in [-0.2, 0) is 0 Å². The van der Waals surface area contributed by atoms with Gasteiger partial charge in [-0.3, -0.25) is 0 Å². The zero-order valence-corrected chi connectivity index (χ0v) is 11.3. The molecule has 3 nitrogen and oxygen atoms in total. The molecule has 0 radical (unpaired) electrons. The molecule has 19 heavy (non-hydrogen) atoms. The van der Waals surface area contributed by atoms with Gasteiger partial charge in [-0.25, -0.2) is 4.98 Å². The first kappa shape index (κ1) is 11.0. The SMILES string of the molecule is CC1(C)CC1c1nc2cc(C#N)ccc2n1C1CC1. The molecule has 0 spiro atoms. The van der Waals surface area contributed by atoms with E-state index in [0.717, 1.165) is 5.52 Å². The number of hydrogen-bond donors (Lipinski definition) is 0. The molecule has 2 aromatic rings. The Bertz CT molecular complexity index is 713. The lowest BCUT2D eigenvalue weighted by atomic mass is 10.1. The summed E-state index contributed by atoms with van der Waals surface area (Å²) in [5, 5.41) is 9.01. The van der Waals surface area contributed by atoms with Crippen molar-refractivity contribution in [1.82, 2.24) is 9.55 Å². The fourth-order valence-electron chi connectivity index (χ4n) is 3.06. The first-order chi connectivity index (χ1) is 9.10. The normalized spacial score (nSPS) is 24.4. The fraction of sp³-hybridized carbons (Fsp3) is 0.500. The quantitative estimate of drug-likeness (QED) is 0.815. The summed E-state index contributed by atoms with van der Waals surface area (Å²) in [6, 6.07) is 8.75. The Morgan fingerprint density at radius 2 is 2.11 bits per heavy atom. The van der Waals surface area contributed by atoms with Gasteiger partial charge >= 0.3 is 0 Å². The van der Waals surface area contributed by atoms with Crippen LogP contribution in [-0.4, -0.2) is 9.55 Å². The second kappa shape index (κ2) is 3.39. The molecule has 0 aliphatic heterocycles. The van der Waals surface area contributed by atoms with E-state index in [1.165, 1.54) is 30.6 Å². The van der Waals surface area contributed by atoms with E-state index in [-0.39, 0.29) is 0 Å². The molecule has 1 unspecified atom stereocenters. The molecule has 3 heteroatoms. The monoisotopic (exact) mass is 251 g/mol. The molecule has 96 valence electrons. The van der Waals surface area contributed by atoms with Gasteiger partial charge in [-0.05, 0) is 42.9 Å². The number of nitriles is 1. The summed E-state index contributed by atoms with van der Waals surface area (Å²) in [6.07, 6.45) is 3.77. The Balaban J connectivity index is 1.92. The minimum Gasteiger partial charge on any atom is -0.325 e. The van der Waals surface area contributed by atoms with Crippen LogP contribution in [0.2, 0.25) is 0 Å². The predicted molar refractivity (Wildman–Crippen MR) is 73.9 cm³/mol. The van der Waals surface area contributed by atoms with Crippen molar-refractivity contribution in [3.8, 4) is 6.07 Å². The van der Waals surface area contributed by atoms with Crippen molar-refractivity contribution in [2.24, 2.45) is 5.41 Å². The van der Waals surface area contributed by atoms with E-state index >= 15 is 0 Å². The lowest BCUT2D eigenvalue weighted by Crippen LogP contribution is -2.02. The Morgan fingerprint density at radius 1 is 1.37 bits per heavy atom. The summed E-state index contributed by atoms with van der Waals surface area (Å²) < 4.78 is 2.44. The first-order valence-electron chi connectivity index (χ1n) is 7.02. The van der Waals surface area contributed by atoms with Crippen LogP contribution in [0.3, 0.4) is 0 Å². The second-order valence-corrected chi connectivity index (χ2v) is 6.63. The highest BCUT2D eigenvalue weighted by Crippen LogP contribution is 2.59. The summed E-state index contributed by atoms with van der Waals surface area (Å²) in [6.45, 7) is 4.63. The van der Waals surface area contributed by atoms with E-state index in [2.05, 4.69) is 30.6 Å². The van der Waals surface area contributed by atoms with E-state index < -0.39 is 0 Å². The largest absolute Gasteiger partial charge is 0.325 e. The van der Waals surface area contributed by atoms with Crippen LogP contribution >= 0.6 is 0 Å². The number of benzene rings is 1. The smallest absolute Gasteiger partial charge is 0.113 e. The van der Waals surface area contributed by atoms with Crippen molar-refractivity contribution in [2.75, 3.05) is 0 Å². The molecule has 1 aromatic carbocycles. The van der Waals surface area contributed by atoms with Crippen LogP contribution in [0.25, 0.3) is 11.0 Å². The number of fused-ring (bicyclic) bond motifs is 1. The summed E-state index contributed by atoms with van der Waals surface area (Å²) >= 11 is 0. The molecule has 1 aromatic heterocycles. The summed E-state index contributed by atoms with van der Waals surface area (Å²) in [7, 11) is 0. The van der Waals surface area contributed by atoms with Crippen molar-refractivity contribution in [1.29, 1.82) is 5.26 Å². The molecule has 2 saturated carbocycles. The van der Waals surface area contributed by atoms with E-state index in [9.17, 15) is 0 Å². The highest BCUT2D eigenvalue weighted by molar-refractivity contribution is 5.78. The highest BCUT2D eigenvalue weighted by atomic mass is 15.1. The van der Waals surface area contributed by atoms with Crippen LogP contribution in [0.4, 0.5) is 0 Å². The zero-order valence-electron chi connectivity index (χ0n) is 11.3. The minimum atomic E-state index is 0.395. The number of rotatable bonds is 2. The van der Waals surface area contributed by atoms with E-state index in [1.54, 1.807) is 0 Å². The third kappa shape index (κ3) is 1.59. The van der Waals surface area contributed by atoms with E-state index in [0.29, 0.717) is 22.9 Å². The van der Waals surface area contributed by atoms with Crippen LogP contribution in [0.1, 0.15) is 56.5 Å². The van der Waals surface area contributed by atoms with Crippen LogP contribution in [0, 0.1) is 16.7 Å². The van der Waals surface area contributed by atoms with Crippen molar-refractivity contribution < 1.29 is 0 Å². The maximum absolute atomic E-state index is 9.01. The Kier molecular flexibility index (Phi) is 1.97. The molecular weight excluding hydrogens is 234 g/mol. The van der Waals surface area contributed by atoms with Gasteiger partial charge in [-0.2, -0.15) is 5.26 Å². The molecule has 0 saturated heterocycles. The summed E-state index contributed by atoms with van der Waals surface area (Å²) in [5.41, 5.74) is 3.30. The van der Waals surface area contributed by atoms with Gasteiger partial charge in [0.25, 0.3) is 0 Å². The molecule has 0 amide bonds. The van der Waals surface area contributed by atoms with Gasteiger partial charge in [0.2, 0.25) is 0 Å². The van der Waals surface area contributed by atoms with Gasteiger partial charge in [0.15, 0.2) is 0 Å². The molecule has 0 N–H and O–H groups in total. The Hall–Kier alpha value is -1.82. The van der Waals surface area contributed by atoms with Crippen LogP contribution in [0.15, 0.2) is 18.2 Å². The fourth-order valence-corrected chi connectivity index (χ4v) is 3.06. The third-order valence-corrected chi connectivity index (χ3v) is 4.58. The molecule has 0 bridgehead atoms. The maximum atomic E-state index is 9.01. The summed E-state index contributed by atoms with van der Waals surface area (Å²) in [5.74, 6) is 1.84. The lowest BCUT2D eigenvalue weighted by molar-refractivity contribution is 0.586. The van der Waals surface area contributed by atoms with Crippen molar-refractivity contribution in [2.45, 2.75) is 45.1 Å². The molecule has 1 atom stereocenters. The lowest BCUT2D eigenvalue weighted by Gasteiger charge is -2.08. The standard InChI is InChI=1S/C16H17N3/c1-16(2)8-12(16)15-18-13-7-10(9-17)3-6-14(13)19(15)11-4-5-11/h3,6-7,11-12H,4-5,8H2,1-2H3. The van der Waals surface area contributed by atoms with Gasteiger partial charge in [0.1, 0.15) is 5.82 Å². The average Bonchev–Trinajstić information content (AvgIpc) is 3.28. The molecule has 4 rings (SSSR count). The van der Waals surface area contributed by atoms with Crippen molar-refractivity contribution >= 4 is 11.0 Å². The Labute approximate surface area is 112 Å². The number of hydrogen-bond acceptors (Lipinski definition) is 2. The molecular formula is C16H17N3. The third-order valence-electron chi connectivity index (χ3n) is 4.58. The first-order valence-corrected chi connectivity index (χ1v) is 7.02. The average molecular weight is 251 g/mol. The van der Waals surface area contributed by atoms with E-state index in [4.69, 9.17) is 10.2 Å². The van der Waals surface area contributed by atoms with Crippen LogP contribution in [0.5, 0.6) is 0 Å². The van der Waals surface area contributed by atoms with Gasteiger partial charge in [-0.1, -0.05) is 13.8 Å². The maximum Gasteiger partial charge on any atom is 0.113 e. The number of aromatic nitrogens is 2. The van der Waals surface area contributed by atoms with Crippen LogP contribution < -0.4 is 0 Å². The van der Waals surface area contributed by atoms with Gasteiger partial charge in [0, 0.05) is 12.0 Å². The number of nitrogens with zero attached hydrogens (tertiary/aromatic N) is 3. The predicted octanol–water partition coefficient (Wildman–Crippen LogP) is 3.76. The molecule has 2 aliphatic carbocycles.